The van der Waals surface area contributed by atoms with Gasteiger partial charge >= 0.3 is 25.8 Å². The van der Waals surface area contributed by atoms with Crippen LogP contribution in [0.15, 0.2) is 0 Å². The SMILES string of the molecule is CCC([NH-])=O.CCC([NH-])=O.CCC([NH-])=O.CCC([NH-])=O.[Hf+4]. The van der Waals surface area contributed by atoms with Gasteiger partial charge < -0.3 is 42.1 Å². The van der Waals surface area contributed by atoms with Crippen molar-refractivity contribution in [2.24, 2.45) is 0 Å². The summed E-state index contributed by atoms with van der Waals surface area (Å²) in [5.74, 6) is -1.98. The fourth-order valence-corrected chi connectivity index (χ4v) is 0. The molecule has 0 saturated heterocycles. The molecule has 0 fully saturated rings. The van der Waals surface area contributed by atoms with Crippen LogP contribution in [0.25, 0.3) is 22.9 Å². The Hall–Kier alpha value is -1.25. The molecule has 0 aliphatic rings. The van der Waals surface area contributed by atoms with E-state index in [1.165, 1.54) is 0 Å². The van der Waals surface area contributed by atoms with Gasteiger partial charge in [0.25, 0.3) is 0 Å². The van der Waals surface area contributed by atoms with E-state index in [1.54, 1.807) is 27.7 Å². The average Bonchev–Trinajstić information content (AvgIpc) is 2.40. The van der Waals surface area contributed by atoms with Crippen molar-refractivity contribution >= 4 is 23.6 Å². The Morgan fingerprint density at radius 2 is 0.571 bits per heavy atom. The Labute approximate surface area is 145 Å². The van der Waals surface area contributed by atoms with E-state index in [-0.39, 0.29) is 25.8 Å². The molecule has 0 aromatic carbocycles. The van der Waals surface area contributed by atoms with Crippen molar-refractivity contribution in [2.45, 2.75) is 53.4 Å². The van der Waals surface area contributed by atoms with E-state index in [0.29, 0.717) is 25.7 Å². The fraction of sp³-hybridized carbons (Fsp3) is 0.667. The second-order valence-electron chi connectivity index (χ2n) is 3.11. The molecule has 4 amide bonds. The van der Waals surface area contributed by atoms with E-state index >= 15 is 0 Å². The van der Waals surface area contributed by atoms with Crippen molar-refractivity contribution < 1.29 is 45.0 Å². The average molecular weight is 467 g/mol. The predicted octanol–water partition coefficient (Wildman–Crippen LogP) is 3.90. The third-order valence-electron chi connectivity index (χ3n) is 1.28. The van der Waals surface area contributed by atoms with E-state index in [2.05, 4.69) is 0 Å². The zero-order chi connectivity index (χ0) is 17.1. The number of nitrogens with one attached hydrogen (secondary N) is 4. The molecule has 8 nitrogen and oxygen atoms in total. The number of amides is 4. The first-order valence-corrected chi connectivity index (χ1v) is 6.06. The molecule has 0 rings (SSSR count). The summed E-state index contributed by atoms with van der Waals surface area (Å²) in [4.78, 5) is 37.9. The van der Waals surface area contributed by atoms with Crippen LogP contribution in [0.5, 0.6) is 0 Å². The van der Waals surface area contributed by atoms with Gasteiger partial charge in [-0.2, -0.15) is 0 Å². The van der Waals surface area contributed by atoms with Gasteiger partial charge in [-0.25, -0.2) is 0 Å². The first kappa shape index (κ1) is 31.9. The Kier molecular flexibility index (Phi) is 41.3. The van der Waals surface area contributed by atoms with Crippen molar-refractivity contribution in [3.63, 3.8) is 0 Å². The van der Waals surface area contributed by atoms with Crippen LogP contribution in [-0.4, -0.2) is 23.6 Å². The maximum Gasteiger partial charge on any atom is 4.00 e. The minimum Gasteiger partial charge on any atom is -0.668 e. The number of carbonyl (C=O) groups excluding carboxylic acids is 4. The van der Waals surface area contributed by atoms with Gasteiger partial charge in [0.15, 0.2) is 0 Å². The molecule has 0 heterocycles. The van der Waals surface area contributed by atoms with Crippen LogP contribution < -0.4 is 0 Å². The first-order valence-electron chi connectivity index (χ1n) is 6.06. The maximum absolute atomic E-state index is 9.48. The van der Waals surface area contributed by atoms with Gasteiger partial charge in [-0.05, 0) is 25.7 Å². The molecule has 21 heavy (non-hydrogen) atoms. The predicted molar refractivity (Wildman–Crippen MR) is 78.5 cm³/mol. The Morgan fingerprint density at radius 3 is 0.571 bits per heavy atom. The van der Waals surface area contributed by atoms with E-state index in [9.17, 15) is 19.2 Å². The zero-order valence-electron chi connectivity index (χ0n) is 13.0. The summed E-state index contributed by atoms with van der Waals surface area (Å²) < 4.78 is 0. The second kappa shape index (κ2) is 27.2. The quantitative estimate of drug-likeness (QED) is 0.574. The minimum atomic E-state index is -0.495. The van der Waals surface area contributed by atoms with Gasteiger partial charge in [-0.15, -0.1) is 0 Å². The van der Waals surface area contributed by atoms with Crippen LogP contribution in [0, 0.1) is 0 Å². The topological polar surface area (TPSA) is 163 Å². The van der Waals surface area contributed by atoms with Gasteiger partial charge in [0.05, 0.1) is 0 Å². The van der Waals surface area contributed by atoms with E-state index in [4.69, 9.17) is 22.9 Å². The normalized spacial score (nSPS) is 7.05. The van der Waals surface area contributed by atoms with Crippen molar-refractivity contribution in [2.75, 3.05) is 0 Å². The van der Waals surface area contributed by atoms with Gasteiger partial charge in [-0.1, -0.05) is 27.7 Å². The van der Waals surface area contributed by atoms with Crippen molar-refractivity contribution in [1.82, 2.24) is 0 Å². The molecule has 0 atom stereocenters. The largest absolute Gasteiger partial charge is 4.00 e. The number of hydrogen-bond donors (Lipinski definition) is 0. The summed E-state index contributed by atoms with van der Waals surface area (Å²) in [5, 5.41) is 0. The van der Waals surface area contributed by atoms with Crippen molar-refractivity contribution in [3.8, 4) is 0 Å². The third-order valence-corrected chi connectivity index (χ3v) is 1.28. The number of rotatable bonds is 4. The molecule has 9 heteroatoms. The smallest absolute Gasteiger partial charge is 0.668 e. The van der Waals surface area contributed by atoms with E-state index in [1.807, 2.05) is 0 Å². The molecule has 120 valence electrons. The molecular weight excluding hydrogens is 443 g/mol. The Morgan fingerprint density at radius 1 is 0.524 bits per heavy atom. The van der Waals surface area contributed by atoms with E-state index in [0.717, 1.165) is 0 Å². The Bertz CT molecular complexity index is 230. The molecule has 0 radical (unpaired) electrons. The Balaban J connectivity index is -0.0000000533. The molecule has 0 bridgehead atoms. The summed E-state index contributed by atoms with van der Waals surface area (Å²) in [5.41, 5.74) is 24.8. The van der Waals surface area contributed by atoms with E-state index < -0.39 is 23.6 Å². The second-order valence-corrected chi connectivity index (χ2v) is 3.11. The molecule has 0 saturated carbocycles. The molecule has 0 aromatic heterocycles. The minimum absolute atomic E-state index is 0. The molecular formula is C12H24HfN4O4. The molecule has 0 unspecified atom stereocenters. The van der Waals surface area contributed by atoms with Crippen LogP contribution in [0.4, 0.5) is 0 Å². The summed E-state index contributed by atoms with van der Waals surface area (Å²) in [6.07, 6.45) is 1.33. The van der Waals surface area contributed by atoms with Crippen LogP contribution >= 0.6 is 0 Å². The maximum atomic E-state index is 9.48. The first-order chi connectivity index (χ1) is 9.08. The van der Waals surface area contributed by atoms with Gasteiger partial charge in [0.1, 0.15) is 0 Å². The molecule has 0 aliphatic carbocycles. The van der Waals surface area contributed by atoms with Crippen LogP contribution in [0.3, 0.4) is 0 Å². The zero-order valence-corrected chi connectivity index (χ0v) is 16.6. The standard InChI is InChI=1S/4C3H7NO.Hf/c4*1-2-3(4)5;/h4*2H2,1H3,(H2,4,5);/q;;;;+4/p-4. The van der Waals surface area contributed by atoms with Crippen molar-refractivity contribution in [1.29, 1.82) is 0 Å². The third kappa shape index (κ3) is 115. The van der Waals surface area contributed by atoms with Gasteiger partial charge in [-0.3, -0.25) is 0 Å². The molecule has 0 aromatic rings. The van der Waals surface area contributed by atoms with Crippen LogP contribution in [-0.2, 0) is 45.0 Å². The van der Waals surface area contributed by atoms with Gasteiger partial charge in [0.2, 0.25) is 0 Å². The molecule has 0 spiro atoms. The number of carbonyl (C=O) groups is 4. The molecule has 0 aliphatic heterocycles. The van der Waals surface area contributed by atoms with Gasteiger partial charge in [0, 0.05) is 23.6 Å². The summed E-state index contributed by atoms with van der Waals surface area (Å²) in [6, 6.07) is 0. The monoisotopic (exact) mass is 468 g/mol. The van der Waals surface area contributed by atoms with Crippen LogP contribution in [0.1, 0.15) is 53.4 Å². The van der Waals surface area contributed by atoms with Crippen molar-refractivity contribution in [3.05, 3.63) is 22.9 Å². The molecule has 4 N–H and O–H groups in total. The number of hydrogen-bond acceptors (Lipinski definition) is 4. The summed E-state index contributed by atoms with van der Waals surface area (Å²) >= 11 is 0. The summed E-state index contributed by atoms with van der Waals surface area (Å²) in [6.45, 7) is 6.65. The summed E-state index contributed by atoms with van der Waals surface area (Å²) in [7, 11) is 0. The van der Waals surface area contributed by atoms with Crippen LogP contribution in [0.2, 0.25) is 0 Å². The fourth-order valence-electron chi connectivity index (χ4n) is 0.